The number of nitrogens with one attached hydrogen (secondary N) is 1. The molecule has 2 fully saturated rings. The van der Waals surface area contributed by atoms with Gasteiger partial charge in [0.25, 0.3) is 5.56 Å². The van der Waals surface area contributed by atoms with Crippen molar-refractivity contribution in [2.45, 2.75) is 64.8 Å². The van der Waals surface area contributed by atoms with Crippen molar-refractivity contribution < 1.29 is 14.4 Å². The van der Waals surface area contributed by atoms with E-state index in [0.29, 0.717) is 36.4 Å². The molecule has 1 spiro atoms. The molecular formula is C24H29N5O4. The number of barbiturate groups is 1. The summed E-state index contributed by atoms with van der Waals surface area (Å²) in [5.74, 6) is -0.507. The Morgan fingerprint density at radius 2 is 2.00 bits per heavy atom. The Bertz CT molecular complexity index is 1220. The van der Waals surface area contributed by atoms with Crippen LogP contribution in [-0.2, 0) is 16.0 Å². The zero-order valence-corrected chi connectivity index (χ0v) is 19.1. The Morgan fingerprint density at radius 1 is 1.18 bits per heavy atom. The Hall–Kier alpha value is -3.23. The summed E-state index contributed by atoms with van der Waals surface area (Å²) in [5, 5.41) is 2.45. The van der Waals surface area contributed by atoms with Crippen LogP contribution in [-0.4, -0.2) is 51.3 Å². The summed E-state index contributed by atoms with van der Waals surface area (Å²) in [6.45, 7) is 4.76. The highest BCUT2D eigenvalue weighted by Crippen LogP contribution is 2.45. The number of amides is 4. The van der Waals surface area contributed by atoms with Crippen LogP contribution in [0.4, 0.5) is 10.6 Å². The number of pyridine rings is 1. The molecule has 2 aromatic heterocycles. The molecule has 0 radical (unpaired) electrons. The fourth-order valence-corrected chi connectivity index (χ4v) is 5.66. The van der Waals surface area contributed by atoms with E-state index in [-0.39, 0.29) is 18.5 Å². The molecule has 33 heavy (non-hydrogen) atoms. The van der Waals surface area contributed by atoms with Gasteiger partial charge in [0, 0.05) is 25.7 Å². The number of imide groups is 2. The van der Waals surface area contributed by atoms with Crippen molar-refractivity contribution in [1.82, 2.24) is 19.6 Å². The second-order valence-electron chi connectivity index (χ2n) is 9.38. The standard InChI is InChI=1S/C24H29N5O4/c1-3-4-11-29-22(32)24(21(31)26-23(29)33)14-16-19(27-12-7-5-6-10-17(24)27)25-18-15(2)9-8-13-28(18)20(16)30/h8-9,13,17H,3-7,10-12,14H2,1-2H3,(H,26,31,33)/t17-,24+/m0/s1. The fraction of sp³-hybridized carbons (Fsp3) is 0.542. The summed E-state index contributed by atoms with van der Waals surface area (Å²) in [5.41, 5.74) is 0.0481. The predicted octanol–water partition coefficient (Wildman–Crippen LogP) is 2.17. The molecule has 0 bridgehead atoms. The van der Waals surface area contributed by atoms with Gasteiger partial charge in [0.05, 0.1) is 11.6 Å². The number of fused-ring (bicyclic) bond motifs is 5. The average Bonchev–Trinajstić information content (AvgIpc) is 3.05. The Balaban J connectivity index is 1.74. The number of aryl methyl sites for hydroxylation is 1. The first-order valence-electron chi connectivity index (χ1n) is 11.8. The molecule has 0 aliphatic carbocycles. The average molecular weight is 452 g/mol. The minimum atomic E-state index is -1.52. The molecule has 2 saturated heterocycles. The molecule has 0 saturated carbocycles. The first-order chi connectivity index (χ1) is 15.9. The number of aromatic nitrogens is 2. The van der Waals surface area contributed by atoms with Crippen molar-refractivity contribution in [2.24, 2.45) is 5.41 Å². The van der Waals surface area contributed by atoms with Crippen LogP contribution in [0.1, 0.15) is 56.6 Å². The highest BCUT2D eigenvalue weighted by atomic mass is 16.2. The topological polar surface area (TPSA) is 104 Å². The second kappa shape index (κ2) is 7.97. The van der Waals surface area contributed by atoms with E-state index in [1.165, 1.54) is 9.30 Å². The van der Waals surface area contributed by atoms with Crippen molar-refractivity contribution >= 4 is 29.3 Å². The normalized spacial score (nSPS) is 25.2. The first kappa shape index (κ1) is 21.6. The fourth-order valence-electron chi connectivity index (χ4n) is 5.66. The summed E-state index contributed by atoms with van der Waals surface area (Å²) in [7, 11) is 0. The van der Waals surface area contributed by atoms with Crippen molar-refractivity contribution in [3.8, 4) is 0 Å². The molecule has 9 nitrogen and oxygen atoms in total. The van der Waals surface area contributed by atoms with Gasteiger partial charge < -0.3 is 4.90 Å². The van der Waals surface area contributed by atoms with Crippen molar-refractivity contribution in [3.05, 3.63) is 39.8 Å². The molecular weight excluding hydrogens is 422 g/mol. The lowest BCUT2D eigenvalue weighted by Gasteiger charge is -2.50. The third-order valence-corrected chi connectivity index (χ3v) is 7.40. The number of hydrogen-bond donors (Lipinski definition) is 1. The number of hydrogen-bond acceptors (Lipinski definition) is 6. The number of unbranched alkanes of at least 4 members (excludes halogenated alkanes) is 1. The Labute approximate surface area is 191 Å². The van der Waals surface area contributed by atoms with Crippen molar-refractivity contribution in [1.29, 1.82) is 0 Å². The lowest BCUT2D eigenvalue weighted by atomic mass is 9.68. The number of nitrogens with zero attached hydrogens (tertiary/aromatic N) is 4. The van der Waals surface area contributed by atoms with Crippen LogP contribution in [0.15, 0.2) is 23.1 Å². The third kappa shape index (κ3) is 3.08. The second-order valence-corrected chi connectivity index (χ2v) is 9.38. The molecule has 3 aliphatic rings. The molecule has 2 aromatic rings. The van der Waals surface area contributed by atoms with Gasteiger partial charge in [-0.05, 0) is 37.8 Å². The van der Waals surface area contributed by atoms with Gasteiger partial charge in [0.1, 0.15) is 11.5 Å². The first-order valence-corrected chi connectivity index (χ1v) is 11.8. The highest BCUT2D eigenvalue weighted by molar-refractivity contribution is 6.20. The molecule has 5 rings (SSSR count). The maximum atomic E-state index is 13.9. The van der Waals surface area contributed by atoms with Crippen LogP contribution < -0.4 is 15.8 Å². The molecule has 5 heterocycles. The van der Waals surface area contributed by atoms with E-state index in [1.807, 2.05) is 24.8 Å². The smallest absolute Gasteiger partial charge is 0.330 e. The van der Waals surface area contributed by atoms with Gasteiger partial charge in [-0.15, -0.1) is 0 Å². The summed E-state index contributed by atoms with van der Waals surface area (Å²) in [4.78, 5) is 61.7. The number of rotatable bonds is 3. The van der Waals surface area contributed by atoms with E-state index in [4.69, 9.17) is 4.98 Å². The van der Waals surface area contributed by atoms with Crippen molar-refractivity contribution in [2.75, 3.05) is 18.0 Å². The molecule has 3 aliphatic heterocycles. The Kier molecular flexibility index (Phi) is 5.22. The van der Waals surface area contributed by atoms with E-state index < -0.39 is 29.3 Å². The van der Waals surface area contributed by atoms with Crippen molar-refractivity contribution in [3.63, 3.8) is 0 Å². The lowest BCUT2D eigenvalue weighted by molar-refractivity contribution is -0.153. The van der Waals surface area contributed by atoms with Gasteiger partial charge in [0.2, 0.25) is 11.8 Å². The predicted molar refractivity (Wildman–Crippen MR) is 122 cm³/mol. The molecule has 0 unspecified atom stereocenters. The van der Waals surface area contributed by atoms with Gasteiger partial charge in [-0.3, -0.25) is 29.0 Å². The van der Waals surface area contributed by atoms with Gasteiger partial charge in [-0.2, -0.15) is 0 Å². The van der Waals surface area contributed by atoms with Crippen LogP contribution in [0.5, 0.6) is 0 Å². The maximum Gasteiger partial charge on any atom is 0.330 e. The summed E-state index contributed by atoms with van der Waals surface area (Å²) in [6, 6.07) is 2.58. The van der Waals surface area contributed by atoms with Crippen LogP contribution in [0.3, 0.4) is 0 Å². The molecule has 0 aromatic carbocycles. The van der Waals surface area contributed by atoms with E-state index in [0.717, 1.165) is 31.2 Å². The van der Waals surface area contributed by atoms with Gasteiger partial charge in [-0.25, -0.2) is 9.78 Å². The van der Waals surface area contributed by atoms with E-state index in [2.05, 4.69) is 5.32 Å². The van der Waals surface area contributed by atoms with E-state index in [9.17, 15) is 19.2 Å². The Morgan fingerprint density at radius 3 is 2.79 bits per heavy atom. The zero-order chi connectivity index (χ0) is 23.3. The number of carbonyl (C=O) groups is 3. The summed E-state index contributed by atoms with van der Waals surface area (Å²) < 4.78 is 1.49. The minimum absolute atomic E-state index is 0.0488. The van der Waals surface area contributed by atoms with Crippen LogP contribution >= 0.6 is 0 Å². The highest BCUT2D eigenvalue weighted by Gasteiger charge is 2.62. The molecule has 1 N–H and O–H groups in total. The molecule has 9 heteroatoms. The number of urea groups is 1. The number of carbonyl (C=O) groups excluding carboxylic acids is 3. The largest absolute Gasteiger partial charge is 0.352 e. The van der Waals surface area contributed by atoms with E-state index in [1.54, 1.807) is 12.3 Å². The molecule has 4 amide bonds. The zero-order valence-electron chi connectivity index (χ0n) is 19.1. The maximum absolute atomic E-state index is 13.9. The van der Waals surface area contributed by atoms with Crippen LogP contribution in [0, 0.1) is 12.3 Å². The van der Waals surface area contributed by atoms with E-state index >= 15 is 0 Å². The minimum Gasteiger partial charge on any atom is -0.352 e. The summed E-state index contributed by atoms with van der Waals surface area (Å²) >= 11 is 0. The quantitative estimate of drug-likeness (QED) is 0.718. The SMILES string of the molecule is CCCCN1C(=O)NC(=O)[C@]2(Cc3c(nc4c(C)cccn4c3=O)N3CCCCC[C@H]32)C1=O. The summed E-state index contributed by atoms with van der Waals surface area (Å²) in [6.07, 6.45) is 6.44. The van der Waals surface area contributed by atoms with Gasteiger partial charge >= 0.3 is 6.03 Å². The number of anilines is 1. The van der Waals surface area contributed by atoms with Crippen LogP contribution in [0.25, 0.3) is 5.65 Å². The van der Waals surface area contributed by atoms with Gasteiger partial charge in [0.15, 0.2) is 5.41 Å². The van der Waals surface area contributed by atoms with Gasteiger partial charge in [-0.1, -0.05) is 32.3 Å². The molecule has 174 valence electrons. The monoisotopic (exact) mass is 451 g/mol. The molecule has 2 atom stereocenters. The lowest BCUT2D eigenvalue weighted by Crippen LogP contribution is -2.72. The third-order valence-electron chi connectivity index (χ3n) is 7.40. The van der Waals surface area contributed by atoms with Crippen LogP contribution in [0.2, 0.25) is 0 Å².